The largest absolute Gasteiger partial charge is 0.362 e. The van der Waals surface area contributed by atoms with Gasteiger partial charge < -0.3 is 20.9 Å². The van der Waals surface area contributed by atoms with Crippen LogP contribution in [0.5, 0.6) is 0 Å². The minimum atomic E-state index is -0.236. The molecule has 2 aliphatic heterocycles. The van der Waals surface area contributed by atoms with Gasteiger partial charge in [0.05, 0.1) is 34.3 Å². The Hall–Kier alpha value is -4.06. The summed E-state index contributed by atoms with van der Waals surface area (Å²) in [6.07, 6.45) is 11.5. The van der Waals surface area contributed by atoms with Gasteiger partial charge in [-0.3, -0.25) is 19.4 Å². The predicted octanol–water partition coefficient (Wildman–Crippen LogP) is 6.77. The van der Waals surface area contributed by atoms with Gasteiger partial charge in [0.25, 0.3) is 5.91 Å². The summed E-state index contributed by atoms with van der Waals surface area (Å²) in [6, 6.07) is 18.4. The van der Waals surface area contributed by atoms with Gasteiger partial charge in [0.1, 0.15) is 0 Å². The number of benzene rings is 2. The highest BCUT2D eigenvalue weighted by atomic mass is 32.1. The van der Waals surface area contributed by atoms with Crippen LogP contribution in [0.4, 0.5) is 28.6 Å². The Labute approximate surface area is 294 Å². The SMILES string of the molecule is O=C1Nc2cccnc2N(C(=O)CN2CCN(CCCCCCCCCCNC(=S)Nc3cccc(N=C=S)c3)CC2)c2ccccc21. The number of carbonyl (C=O) groups excluding carboxylic acids is 2. The second-order valence-electron chi connectivity index (χ2n) is 12.2. The van der Waals surface area contributed by atoms with Crippen LogP contribution in [0.1, 0.15) is 61.7 Å². The van der Waals surface area contributed by atoms with Gasteiger partial charge in [-0.25, -0.2) is 4.98 Å². The molecule has 2 aromatic carbocycles. The molecule has 10 nitrogen and oxygen atoms in total. The summed E-state index contributed by atoms with van der Waals surface area (Å²) < 4.78 is 0. The zero-order valence-corrected chi connectivity index (χ0v) is 29.0. The fraction of sp³-hybridized carbons (Fsp3) is 0.417. The lowest BCUT2D eigenvalue weighted by Crippen LogP contribution is -2.49. The molecule has 5 rings (SSSR count). The van der Waals surface area contributed by atoms with Gasteiger partial charge in [0, 0.05) is 44.6 Å². The first kappa shape index (κ1) is 35.3. The Balaban J connectivity index is 0.911. The lowest BCUT2D eigenvalue weighted by molar-refractivity contribution is -0.119. The van der Waals surface area contributed by atoms with Crippen LogP contribution in [0.3, 0.4) is 0 Å². The van der Waals surface area contributed by atoms with E-state index in [9.17, 15) is 9.59 Å². The first-order valence-corrected chi connectivity index (χ1v) is 17.7. The Morgan fingerprint density at radius 2 is 1.62 bits per heavy atom. The van der Waals surface area contributed by atoms with Crippen molar-refractivity contribution < 1.29 is 9.59 Å². The number of aliphatic imine (C=N–C) groups is 1. The molecule has 0 unspecified atom stereocenters. The van der Waals surface area contributed by atoms with E-state index in [0.29, 0.717) is 27.9 Å². The van der Waals surface area contributed by atoms with Crippen molar-refractivity contribution >= 4 is 75.1 Å². The number of isothiocyanates is 1. The smallest absolute Gasteiger partial charge is 0.257 e. The van der Waals surface area contributed by atoms with Crippen LogP contribution in [-0.2, 0) is 4.79 Å². The third-order valence-electron chi connectivity index (χ3n) is 8.67. The number of amides is 2. The van der Waals surface area contributed by atoms with Gasteiger partial charge in [-0.2, -0.15) is 4.99 Å². The molecule has 1 aromatic heterocycles. The number of hydrogen-bond donors (Lipinski definition) is 3. The van der Waals surface area contributed by atoms with Crippen molar-refractivity contribution in [1.29, 1.82) is 0 Å². The molecular formula is C36H44N8O2S2. The third kappa shape index (κ3) is 10.2. The van der Waals surface area contributed by atoms with Gasteiger partial charge >= 0.3 is 0 Å². The zero-order valence-electron chi connectivity index (χ0n) is 27.3. The summed E-state index contributed by atoms with van der Waals surface area (Å²) in [5.41, 5.74) is 3.21. The Bertz CT molecular complexity index is 1600. The molecule has 0 aliphatic carbocycles. The first-order valence-electron chi connectivity index (χ1n) is 16.9. The number of nitrogens with zero attached hydrogens (tertiary/aromatic N) is 5. The number of hydrogen-bond acceptors (Lipinski definition) is 8. The average Bonchev–Trinajstić information content (AvgIpc) is 3.22. The van der Waals surface area contributed by atoms with Crippen molar-refractivity contribution in [2.75, 3.05) is 61.3 Å². The summed E-state index contributed by atoms with van der Waals surface area (Å²) in [7, 11) is 0. The lowest BCUT2D eigenvalue weighted by atomic mass is 10.1. The minimum absolute atomic E-state index is 0.0832. The van der Waals surface area contributed by atoms with Crippen LogP contribution >= 0.6 is 24.4 Å². The van der Waals surface area contributed by atoms with Crippen molar-refractivity contribution in [3.05, 3.63) is 72.4 Å². The molecule has 3 heterocycles. The van der Waals surface area contributed by atoms with Gasteiger partial charge in [0.15, 0.2) is 10.9 Å². The molecule has 2 amide bonds. The lowest BCUT2D eigenvalue weighted by Gasteiger charge is -2.35. The van der Waals surface area contributed by atoms with Gasteiger partial charge in [-0.15, -0.1) is 0 Å². The second-order valence-corrected chi connectivity index (χ2v) is 12.7. The van der Waals surface area contributed by atoms with Gasteiger partial charge in [-0.1, -0.05) is 56.7 Å². The normalized spacial score (nSPS) is 14.6. The molecule has 3 N–H and O–H groups in total. The topological polar surface area (TPSA) is 105 Å². The number of fused-ring (bicyclic) bond motifs is 2. The molecule has 1 saturated heterocycles. The van der Waals surface area contributed by atoms with E-state index in [-0.39, 0.29) is 18.4 Å². The molecule has 252 valence electrons. The van der Waals surface area contributed by atoms with E-state index in [2.05, 4.69) is 53.1 Å². The monoisotopic (exact) mass is 684 g/mol. The molecule has 0 spiro atoms. The van der Waals surface area contributed by atoms with Crippen molar-refractivity contribution in [2.45, 2.75) is 51.4 Å². The molecule has 3 aromatic rings. The molecule has 0 bridgehead atoms. The van der Waals surface area contributed by atoms with E-state index in [1.165, 1.54) is 44.9 Å². The Morgan fingerprint density at radius 1 is 0.896 bits per heavy atom. The van der Waals surface area contributed by atoms with Crippen LogP contribution in [0.15, 0.2) is 71.9 Å². The van der Waals surface area contributed by atoms with E-state index < -0.39 is 0 Å². The summed E-state index contributed by atoms with van der Waals surface area (Å²) in [4.78, 5) is 41.3. The molecule has 2 aliphatic rings. The fourth-order valence-electron chi connectivity index (χ4n) is 6.13. The number of anilines is 4. The van der Waals surface area contributed by atoms with Crippen molar-refractivity contribution in [2.24, 2.45) is 4.99 Å². The third-order valence-corrected chi connectivity index (χ3v) is 9.01. The molecule has 0 atom stereocenters. The van der Waals surface area contributed by atoms with Gasteiger partial charge in [-0.05, 0) is 86.3 Å². The number of pyridine rings is 1. The maximum Gasteiger partial charge on any atom is 0.257 e. The highest BCUT2D eigenvalue weighted by Crippen LogP contribution is 2.36. The standard InChI is InChI=1S/C36H44N8O2S2/c45-33(44-32-17-8-7-15-30(32)35(46)41-31-16-12-19-37-34(31)44)26-43-23-21-42(22-24-43)20-10-6-4-2-1-3-5-9-18-38-36(48)40-29-14-11-13-28(25-29)39-27-47/h7-8,11-17,19,25H,1-6,9-10,18,20-24,26H2,(H,41,46)(H2,38,40,48). The van der Waals surface area contributed by atoms with E-state index in [1.807, 2.05) is 42.5 Å². The zero-order chi connectivity index (χ0) is 33.6. The predicted molar refractivity (Wildman–Crippen MR) is 201 cm³/mol. The van der Waals surface area contributed by atoms with E-state index >= 15 is 0 Å². The quantitative estimate of drug-likeness (QED) is 0.0909. The molecule has 0 saturated carbocycles. The summed E-state index contributed by atoms with van der Waals surface area (Å²) in [5.74, 6) is 0.141. The maximum absolute atomic E-state index is 13.7. The number of thiocarbonyl (C=S) groups is 2. The molecule has 12 heteroatoms. The molecule has 1 fully saturated rings. The van der Waals surface area contributed by atoms with Gasteiger partial charge in [0.2, 0.25) is 5.91 Å². The van der Waals surface area contributed by atoms with E-state index in [4.69, 9.17) is 12.2 Å². The first-order chi connectivity index (χ1) is 23.5. The Kier molecular flexibility index (Phi) is 13.6. The Morgan fingerprint density at radius 3 is 2.42 bits per heavy atom. The molecular weight excluding hydrogens is 641 g/mol. The van der Waals surface area contributed by atoms with Crippen molar-refractivity contribution in [3.63, 3.8) is 0 Å². The number of carbonyl (C=O) groups is 2. The number of nitrogens with one attached hydrogen (secondary N) is 3. The number of piperazine rings is 1. The summed E-state index contributed by atoms with van der Waals surface area (Å²) in [6.45, 7) is 5.86. The van der Waals surface area contributed by atoms with E-state index in [1.54, 1.807) is 29.3 Å². The van der Waals surface area contributed by atoms with Crippen LogP contribution in [-0.4, -0.2) is 82.7 Å². The summed E-state index contributed by atoms with van der Waals surface area (Å²) >= 11 is 10.1. The molecule has 0 radical (unpaired) electrons. The van der Waals surface area contributed by atoms with Crippen molar-refractivity contribution in [3.8, 4) is 0 Å². The van der Waals surface area contributed by atoms with E-state index in [0.717, 1.165) is 57.1 Å². The van der Waals surface area contributed by atoms with Crippen LogP contribution < -0.4 is 20.9 Å². The highest BCUT2D eigenvalue weighted by Gasteiger charge is 2.31. The molecule has 48 heavy (non-hydrogen) atoms. The van der Waals surface area contributed by atoms with Crippen LogP contribution in [0.2, 0.25) is 0 Å². The maximum atomic E-state index is 13.7. The number of rotatable bonds is 15. The number of aromatic nitrogens is 1. The average molecular weight is 685 g/mol. The van der Waals surface area contributed by atoms with Crippen LogP contribution in [0.25, 0.3) is 0 Å². The minimum Gasteiger partial charge on any atom is -0.362 e. The number of unbranched alkanes of at least 4 members (excludes halogenated alkanes) is 7. The van der Waals surface area contributed by atoms with Crippen molar-refractivity contribution in [1.82, 2.24) is 20.1 Å². The fourth-order valence-corrected chi connectivity index (χ4v) is 6.45. The second kappa shape index (κ2) is 18.5. The highest BCUT2D eigenvalue weighted by molar-refractivity contribution is 7.80. The number of para-hydroxylation sites is 1. The summed E-state index contributed by atoms with van der Waals surface area (Å²) in [5, 5.41) is 12.4. The van der Waals surface area contributed by atoms with Crippen LogP contribution in [0, 0.1) is 0 Å².